The highest BCUT2D eigenvalue weighted by Crippen LogP contribution is 2.18. The van der Waals surface area contributed by atoms with Crippen LogP contribution in [0.5, 0.6) is 5.75 Å². The van der Waals surface area contributed by atoms with Gasteiger partial charge in [0, 0.05) is 44.0 Å². The lowest BCUT2D eigenvalue weighted by Gasteiger charge is -2.35. The molecule has 3 rings (SSSR count). The topological polar surface area (TPSA) is 78.9 Å². The molecule has 1 aliphatic rings. The zero-order valence-electron chi connectivity index (χ0n) is 16.2. The summed E-state index contributed by atoms with van der Waals surface area (Å²) in [6, 6.07) is 12.8. The van der Waals surface area contributed by atoms with Crippen LogP contribution in [0.25, 0.3) is 0 Å². The molecule has 156 valence electrons. The lowest BCUT2D eigenvalue weighted by molar-refractivity contribution is 0.0956. The Morgan fingerprint density at radius 1 is 1.03 bits per heavy atom. The van der Waals surface area contributed by atoms with E-state index in [2.05, 4.69) is 5.32 Å². The molecule has 0 bridgehead atoms. The van der Waals surface area contributed by atoms with Gasteiger partial charge in [-0.1, -0.05) is 0 Å². The number of hydrogen-bond acceptors (Lipinski definition) is 5. The Bertz CT molecular complexity index is 925. The van der Waals surface area contributed by atoms with Crippen molar-refractivity contribution in [3.05, 3.63) is 59.9 Å². The zero-order chi connectivity index (χ0) is 20.9. The third kappa shape index (κ3) is 5.45. The molecule has 1 heterocycles. The number of piperazine rings is 1. The zero-order valence-corrected chi connectivity index (χ0v) is 17.0. The van der Waals surface area contributed by atoms with Crippen molar-refractivity contribution in [2.75, 3.05) is 50.5 Å². The van der Waals surface area contributed by atoms with Gasteiger partial charge >= 0.3 is 0 Å². The molecule has 0 radical (unpaired) electrons. The third-order valence-electron chi connectivity index (χ3n) is 4.82. The molecule has 2 aromatic carbocycles. The Morgan fingerprint density at radius 2 is 1.66 bits per heavy atom. The second-order valence-electron chi connectivity index (χ2n) is 6.66. The standard InChI is InChI=1S/C20H24FN3O4S/c1-28-19-8-2-16(3-9-19)20(25)22-10-15-29(26,27)24-13-11-23(12-14-24)18-6-4-17(21)5-7-18/h2-9H,10-15H2,1H3,(H,22,25). The van der Waals surface area contributed by atoms with Gasteiger partial charge in [-0.25, -0.2) is 12.8 Å². The van der Waals surface area contributed by atoms with Crippen LogP contribution in [0.4, 0.5) is 10.1 Å². The summed E-state index contributed by atoms with van der Waals surface area (Å²) in [5.74, 6) is -0.148. The SMILES string of the molecule is COc1ccc(C(=O)NCCS(=O)(=O)N2CCN(c3ccc(F)cc3)CC2)cc1. The largest absolute Gasteiger partial charge is 0.497 e. The van der Waals surface area contributed by atoms with Crippen molar-refractivity contribution in [1.29, 1.82) is 0 Å². The van der Waals surface area contributed by atoms with Gasteiger partial charge in [0.05, 0.1) is 12.9 Å². The van der Waals surface area contributed by atoms with Gasteiger partial charge in [0.25, 0.3) is 5.91 Å². The van der Waals surface area contributed by atoms with Gasteiger partial charge in [-0.3, -0.25) is 4.79 Å². The van der Waals surface area contributed by atoms with Gasteiger partial charge in [0.15, 0.2) is 0 Å². The van der Waals surface area contributed by atoms with Crippen molar-refractivity contribution < 1.29 is 22.3 Å². The average Bonchev–Trinajstić information content (AvgIpc) is 2.74. The molecular weight excluding hydrogens is 397 g/mol. The second-order valence-corrected chi connectivity index (χ2v) is 8.75. The van der Waals surface area contributed by atoms with Gasteiger partial charge < -0.3 is 15.0 Å². The van der Waals surface area contributed by atoms with Crippen molar-refractivity contribution in [2.45, 2.75) is 0 Å². The monoisotopic (exact) mass is 421 g/mol. The van der Waals surface area contributed by atoms with E-state index in [0.717, 1.165) is 5.69 Å². The van der Waals surface area contributed by atoms with Gasteiger partial charge in [0.2, 0.25) is 10.0 Å². The van der Waals surface area contributed by atoms with Gasteiger partial charge in [0.1, 0.15) is 11.6 Å². The summed E-state index contributed by atoms with van der Waals surface area (Å²) in [6.45, 7) is 1.80. The fourth-order valence-electron chi connectivity index (χ4n) is 3.14. The van der Waals surface area contributed by atoms with Crippen LogP contribution >= 0.6 is 0 Å². The Balaban J connectivity index is 1.47. The van der Waals surface area contributed by atoms with Gasteiger partial charge in [-0.2, -0.15) is 4.31 Å². The normalized spacial score (nSPS) is 15.2. The lowest BCUT2D eigenvalue weighted by atomic mass is 10.2. The Labute approximate surface area is 170 Å². The summed E-state index contributed by atoms with van der Waals surface area (Å²) < 4.78 is 44.7. The average molecular weight is 421 g/mol. The summed E-state index contributed by atoms with van der Waals surface area (Å²) in [5, 5.41) is 2.64. The van der Waals surface area contributed by atoms with E-state index < -0.39 is 10.0 Å². The first-order valence-corrected chi connectivity index (χ1v) is 10.9. The maximum Gasteiger partial charge on any atom is 0.251 e. The number of halogens is 1. The smallest absolute Gasteiger partial charge is 0.251 e. The molecule has 0 aliphatic carbocycles. The number of sulfonamides is 1. The first kappa shape index (κ1) is 21.1. The summed E-state index contributed by atoms with van der Waals surface area (Å²) >= 11 is 0. The van der Waals surface area contributed by atoms with Crippen LogP contribution in [0, 0.1) is 5.82 Å². The van der Waals surface area contributed by atoms with Crippen LogP contribution in [0.1, 0.15) is 10.4 Å². The predicted octanol–water partition coefficient (Wildman–Crippen LogP) is 1.72. The van der Waals surface area contributed by atoms with E-state index in [4.69, 9.17) is 4.74 Å². The van der Waals surface area contributed by atoms with Crippen molar-refractivity contribution in [3.63, 3.8) is 0 Å². The Kier molecular flexibility index (Phi) is 6.71. The molecule has 9 heteroatoms. The van der Waals surface area contributed by atoms with Crippen molar-refractivity contribution >= 4 is 21.6 Å². The van der Waals surface area contributed by atoms with Crippen LogP contribution < -0.4 is 15.0 Å². The number of amides is 1. The van der Waals surface area contributed by atoms with Crippen LogP contribution in [0.2, 0.25) is 0 Å². The van der Waals surface area contributed by atoms with E-state index >= 15 is 0 Å². The number of rotatable bonds is 7. The molecule has 0 atom stereocenters. The highest BCUT2D eigenvalue weighted by molar-refractivity contribution is 7.89. The highest BCUT2D eigenvalue weighted by Gasteiger charge is 2.27. The fraction of sp³-hybridized carbons (Fsp3) is 0.350. The van der Waals surface area contributed by atoms with E-state index in [1.807, 2.05) is 4.90 Å². The van der Waals surface area contributed by atoms with E-state index in [0.29, 0.717) is 37.5 Å². The second kappa shape index (κ2) is 9.23. The minimum absolute atomic E-state index is 0.0331. The molecule has 2 aromatic rings. The number of ether oxygens (including phenoxy) is 1. The Hall–Kier alpha value is -2.65. The minimum atomic E-state index is -3.47. The van der Waals surface area contributed by atoms with Crippen molar-refractivity contribution in [2.24, 2.45) is 0 Å². The first-order chi connectivity index (χ1) is 13.9. The van der Waals surface area contributed by atoms with E-state index in [9.17, 15) is 17.6 Å². The molecule has 1 N–H and O–H groups in total. The molecule has 1 aliphatic heterocycles. The van der Waals surface area contributed by atoms with Crippen LogP contribution in [0.3, 0.4) is 0 Å². The predicted molar refractivity (Wildman–Crippen MR) is 109 cm³/mol. The molecule has 0 saturated carbocycles. The molecule has 1 amide bonds. The molecule has 0 aromatic heterocycles. The minimum Gasteiger partial charge on any atom is -0.497 e. The van der Waals surface area contributed by atoms with Crippen LogP contribution in [0.15, 0.2) is 48.5 Å². The molecule has 1 fully saturated rings. The lowest BCUT2D eigenvalue weighted by Crippen LogP contribution is -2.50. The van der Waals surface area contributed by atoms with Crippen molar-refractivity contribution in [3.8, 4) is 5.75 Å². The van der Waals surface area contributed by atoms with E-state index in [-0.39, 0.29) is 24.0 Å². The molecule has 1 saturated heterocycles. The van der Waals surface area contributed by atoms with Gasteiger partial charge in [-0.15, -0.1) is 0 Å². The number of carbonyl (C=O) groups excluding carboxylic acids is 1. The summed E-state index contributed by atoms with van der Waals surface area (Å²) in [4.78, 5) is 14.2. The summed E-state index contributed by atoms with van der Waals surface area (Å²) in [7, 11) is -1.93. The molecular formula is C20H24FN3O4S. The van der Waals surface area contributed by atoms with Gasteiger partial charge in [-0.05, 0) is 48.5 Å². The molecule has 29 heavy (non-hydrogen) atoms. The number of methoxy groups -OCH3 is 1. The van der Waals surface area contributed by atoms with Crippen molar-refractivity contribution in [1.82, 2.24) is 9.62 Å². The molecule has 0 spiro atoms. The number of hydrogen-bond donors (Lipinski definition) is 1. The number of nitrogens with zero attached hydrogens (tertiary/aromatic N) is 2. The number of benzene rings is 2. The first-order valence-electron chi connectivity index (χ1n) is 9.29. The molecule has 0 unspecified atom stereocenters. The molecule has 7 nitrogen and oxygen atoms in total. The fourth-order valence-corrected chi connectivity index (χ4v) is 4.48. The third-order valence-corrected chi connectivity index (χ3v) is 6.69. The van der Waals surface area contributed by atoms with E-state index in [1.54, 1.807) is 43.5 Å². The Morgan fingerprint density at radius 3 is 2.24 bits per heavy atom. The highest BCUT2D eigenvalue weighted by atomic mass is 32.2. The maximum atomic E-state index is 13.0. The van der Waals surface area contributed by atoms with Crippen LogP contribution in [-0.2, 0) is 10.0 Å². The number of nitrogens with one attached hydrogen (secondary N) is 1. The van der Waals surface area contributed by atoms with Crippen LogP contribution in [-0.4, -0.2) is 64.2 Å². The summed E-state index contributed by atoms with van der Waals surface area (Å²) in [5.41, 5.74) is 1.31. The number of carbonyl (C=O) groups is 1. The number of anilines is 1. The summed E-state index contributed by atoms with van der Waals surface area (Å²) in [6.07, 6.45) is 0. The quantitative estimate of drug-likeness (QED) is 0.737. The van der Waals surface area contributed by atoms with E-state index in [1.165, 1.54) is 16.4 Å². The maximum absolute atomic E-state index is 13.0.